The van der Waals surface area contributed by atoms with Gasteiger partial charge in [0.1, 0.15) is 24.2 Å². The van der Waals surface area contributed by atoms with Crippen LogP contribution < -0.4 is 33.2 Å². The monoisotopic (exact) mass is 508 g/mol. The van der Waals surface area contributed by atoms with Gasteiger partial charge in [-0.05, 0) is 18.9 Å². The molecular weight excluding hydrogens is 476 g/mol. The van der Waals surface area contributed by atoms with E-state index in [9.17, 15) is 39.0 Å². The molecule has 0 radical (unpaired) electrons. The van der Waals surface area contributed by atoms with Crippen LogP contribution in [0.4, 0.5) is 0 Å². The minimum Gasteiger partial charge on any atom is -0.480 e. The molecule has 198 valence electrons. The van der Waals surface area contributed by atoms with E-state index in [0.29, 0.717) is 5.56 Å². The number of carboxylic acids is 1. The minimum absolute atomic E-state index is 0.0193. The van der Waals surface area contributed by atoms with E-state index in [1.54, 1.807) is 30.3 Å². The summed E-state index contributed by atoms with van der Waals surface area (Å²) in [6.07, 6.45) is -2.57. The molecule has 0 spiro atoms. The number of carboxylic acid groups (broad SMARTS) is 1. The van der Waals surface area contributed by atoms with Crippen LogP contribution in [0.25, 0.3) is 0 Å². The van der Waals surface area contributed by atoms with Gasteiger partial charge < -0.3 is 43.4 Å². The van der Waals surface area contributed by atoms with Gasteiger partial charge in [0.25, 0.3) is 0 Å². The SMILES string of the molecule is CC(O)C(N)C(=O)NC(Cc1ccccc1)C(=O)NC(CCC(N)=O)C(=O)NC(CC(N)=O)C(=O)O. The van der Waals surface area contributed by atoms with E-state index in [0.717, 1.165) is 0 Å². The number of nitrogens with two attached hydrogens (primary N) is 3. The summed E-state index contributed by atoms with van der Waals surface area (Å²) >= 11 is 0. The highest BCUT2D eigenvalue weighted by atomic mass is 16.4. The van der Waals surface area contributed by atoms with Crippen LogP contribution in [-0.4, -0.2) is 76.0 Å². The van der Waals surface area contributed by atoms with Crippen molar-refractivity contribution < 1.29 is 39.0 Å². The molecule has 11 N–H and O–H groups in total. The zero-order chi connectivity index (χ0) is 27.4. The summed E-state index contributed by atoms with van der Waals surface area (Å²) in [5.41, 5.74) is 16.5. The van der Waals surface area contributed by atoms with Crippen LogP contribution >= 0.6 is 0 Å². The molecule has 0 heterocycles. The van der Waals surface area contributed by atoms with Crippen LogP contribution in [0.5, 0.6) is 0 Å². The Morgan fingerprint density at radius 3 is 1.86 bits per heavy atom. The van der Waals surface area contributed by atoms with Gasteiger partial charge in [-0.3, -0.25) is 24.0 Å². The van der Waals surface area contributed by atoms with Gasteiger partial charge in [0.2, 0.25) is 29.5 Å². The Hall–Kier alpha value is -4.04. The van der Waals surface area contributed by atoms with Gasteiger partial charge >= 0.3 is 5.97 Å². The third kappa shape index (κ3) is 10.5. The molecule has 5 amide bonds. The quantitative estimate of drug-likeness (QED) is 0.117. The van der Waals surface area contributed by atoms with Crippen molar-refractivity contribution >= 4 is 35.5 Å². The molecule has 1 aromatic carbocycles. The Morgan fingerprint density at radius 1 is 0.833 bits per heavy atom. The first-order valence-electron chi connectivity index (χ1n) is 11.0. The largest absolute Gasteiger partial charge is 0.480 e. The van der Waals surface area contributed by atoms with E-state index in [1.165, 1.54) is 6.92 Å². The van der Waals surface area contributed by atoms with Gasteiger partial charge in [0.15, 0.2) is 0 Å². The van der Waals surface area contributed by atoms with Crippen molar-refractivity contribution in [2.75, 3.05) is 0 Å². The fraction of sp³-hybridized carbons (Fsp3) is 0.455. The number of primary amides is 2. The molecule has 36 heavy (non-hydrogen) atoms. The predicted molar refractivity (Wildman–Crippen MR) is 125 cm³/mol. The van der Waals surface area contributed by atoms with Crippen molar-refractivity contribution in [2.24, 2.45) is 17.2 Å². The third-order valence-electron chi connectivity index (χ3n) is 5.07. The summed E-state index contributed by atoms with van der Waals surface area (Å²) in [5, 5.41) is 25.7. The summed E-state index contributed by atoms with van der Waals surface area (Å²) in [4.78, 5) is 72.1. The van der Waals surface area contributed by atoms with E-state index in [-0.39, 0.29) is 19.3 Å². The number of benzene rings is 1. The highest BCUT2D eigenvalue weighted by Crippen LogP contribution is 2.07. The summed E-state index contributed by atoms with van der Waals surface area (Å²) in [6, 6.07) is 2.84. The number of nitrogens with one attached hydrogen (secondary N) is 3. The summed E-state index contributed by atoms with van der Waals surface area (Å²) in [5.74, 6) is -6.00. The predicted octanol–water partition coefficient (Wildman–Crippen LogP) is -3.38. The summed E-state index contributed by atoms with van der Waals surface area (Å²) < 4.78 is 0. The number of aliphatic carboxylic acids is 1. The number of hydrogen-bond acceptors (Lipinski definition) is 8. The molecule has 14 nitrogen and oxygen atoms in total. The van der Waals surface area contributed by atoms with Gasteiger partial charge in [-0.2, -0.15) is 0 Å². The van der Waals surface area contributed by atoms with Crippen molar-refractivity contribution in [3.8, 4) is 0 Å². The number of rotatable bonds is 15. The number of carbonyl (C=O) groups is 6. The van der Waals surface area contributed by atoms with Gasteiger partial charge in [0, 0.05) is 12.8 Å². The van der Waals surface area contributed by atoms with E-state index in [1.807, 2.05) is 0 Å². The minimum atomic E-state index is -1.67. The Morgan fingerprint density at radius 2 is 1.36 bits per heavy atom. The van der Waals surface area contributed by atoms with Crippen LogP contribution in [0.1, 0.15) is 31.7 Å². The van der Waals surface area contributed by atoms with Gasteiger partial charge in [-0.25, -0.2) is 4.79 Å². The normalized spacial score (nSPS) is 14.9. The fourth-order valence-electron chi connectivity index (χ4n) is 3.05. The average molecular weight is 509 g/mol. The molecule has 5 atom stereocenters. The molecular formula is C22H32N6O8. The molecule has 0 saturated carbocycles. The Kier molecular flexibility index (Phi) is 12.0. The summed E-state index contributed by atoms with van der Waals surface area (Å²) in [7, 11) is 0. The van der Waals surface area contributed by atoms with E-state index in [2.05, 4.69) is 16.0 Å². The standard InChI is InChI=1S/C22H32N6O8/c1-11(29)18(25)21(34)27-14(9-12-5-3-2-4-6-12)20(33)26-13(7-8-16(23)30)19(32)28-15(22(35)36)10-17(24)31/h2-6,11,13-15,18,29H,7-10,25H2,1H3,(H2,23,30)(H2,24,31)(H,26,33)(H,27,34)(H,28,32)(H,35,36). The van der Waals surface area contributed by atoms with E-state index >= 15 is 0 Å². The second kappa shape index (κ2) is 14.4. The number of carbonyl (C=O) groups excluding carboxylic acids is 5. The maximum Gasteiger partial charge on any atom is 0.326 e. The molecule has 0 aliphatic rings. The number of hydrogen-bond donors (Lipinski definition) is 8. The van der Waals surface area contributed by atoms with Crippen LogP contribution in [-0.2, 0) is 35.2 Å². The first kappa shape index (κ1) is 30.0. The first-order chi connectivity index (χ1) is 16.8. The maximum atomic E-state index is 13.1. The second-order valence-corrected chi connectivity index (χ2v) is 8.15. The lowest BCUT2D eigenvalue weighted by Crippen LogP contribution is -2.58. The van der Waals surface area contributed by atoms with Gasteiger partial charge in [0.05, 0.1) is 12.5 Å². The smallest absolute Gasteiger partial charge is 0.326 e. The molecule has 1 rings (SSSR count). The molecule has 0 bridgehead atoms. The molecule has 14 heteroatoms. The van der Waals surface area contributed by atoms with E-state index in [4.69, 9.17) is 17.2 Å². The fourth-order valence-corrected chi connectivity index (χ4v) is 3.05. The molecule has 1 aromatic rings. The van der Waals surface area contributed by atoms with Crippen molar-refractivity contribution in [3.05, 3.63) is 35.9 Å². The van der Waals surface area contributed by atoms with Crippen LogP contribution in [0.3, 0.4) is 0 Å². The number of aliphatic hydroxyl groups excluding tert-OH is 1. The van der Waals surface area contributed by atoms with Crippen molar-refractivity contribution in [2.45, 2.75) is 62.9 Å². The maximum absolute atomic E-state index is 13.1. The Bertz CT molecular complexity index is 955. The zero-order valence-corrected chi connectivity index (χ0v) is 19.7. The van der Waals surface area contributed by atoms with Crippen LogP contribution in [0.15, 0.2) is 30.3 Å². The zero-order valence-electron chi connectivity index (χ0n) is 19.7. The third-order valence-corrected chi connectivity index (χ3v) is 5.07. The van der Waals surface area contributed by atoms with Gasteiger partial charge in [-0.15, -0.1) is 0 Å². The van der Waals surface area contributed by atoms with Crippen molar-refractivity contribution in [1.82, 2.24) is 16.0 Å². The lowest BCUT2D eigenvalue weighted by atomic mass is 10.0. The first-order valence-corrected chi connectivity index (χ1v) is 11.0. The van der Waals surface area contributed by atoms with Crippen molar-refractivity contribution in [3.63, 3.8) is 0 Å². The molecule has 0 aromatic heterocycles. The lowest BCUT2D eigenvalue weighted by Gasteiger charge is -2.25. The highest BCUT2D eigenvalue weighted by Gasteiger charge is 2.31. The van der Waals surface area contributed by atoms with Crippen LogP contribution in [0, 0.1) is 0 Å². The molecule has 0 saturated heterocycles. The Labute approximate surface area is 206 Å². The average Bonchev–Trinajstić information content (AvgIpc) is 2.80. The number of amides is 5. The second-order valence-electron chi connectivity index (χ2n) is 8.15. The Balaban J connectivity index is 3.14. The molecule has 5 unspecified atom stereocenters. The molecule has 0 fully saturated rings. The summed E-state index contributed by atoms with van der Waals surface area (Å²) in [6.45, 7) is 1.30. The topological polar surface area (TPSA) is 257 Å². The van der Waals surface area contributed by atoms with E-state index < -0.39 is 72.2 Å². The molecule has 0 aliphatic carbocycles. The highest BCUT2D eigenvalue weighted by molar-refractivity contribution is 5.95. The number of aliphatic hydroxyl groups is 1. The molecule has 0 aliphatic heterocycles. The van der Waals surface area contributed by atoms with Crippen LogP contribution in [0.2, 0.25) is 0 Å². The van der Waals surface area contributed by atoms with Gasteiger partial charge in [-0.1, -0.05) is 30.3 Å². The lowest BCUT2D eigenvalue weighted by molar-refractivity contribution is -0.144. The van der Waals surface area contributed by atoms with Crippen molar-refractivity contribution in [1.29, 1.82) is 0 Å².